The van der Waals surface area contributed by atoms with Gasteiger partial charge in [-0.25, -0.2) is 0 Å². The molecule has 0 saturated heterocycles. The molecule has 3 rings (SSSR count). The summed E-state index contributed by atoms with van der Waals surface area (Å²) in [6, 6.07) is 14.1. The fourth-order valence-corrected chi connectivity index (χ4v) is 3.14. The minimum atomic E-state index is -0.286. The summed E-state index contributed by atoms with van der Waals surface area (Å²) in [6.45, 7) is 0. The van der Waals surface area contributed by atoms with Crippen LogP contribution >= 0.6 is 27.5 Å². The number of furan rings is 1. The van der Waals surface area contributed by atoms with Gasteiger partial charge in [-0.15, -0.1) is 0 Å². The Bertz CT molecular complexity index is 1010. The highest BCUT2D eigenvalue weighted by atomic mass is 79.9. The van der Waals surface area contributed by atoms with Crippen LogP contribution in [-0.4, -0.2) is 13.0 Å². The van der Waals surface area contributed by atoms with Crippen molar-refractivity contribution in [3.05, 3.63) is 69.9 Å². The summed E-state index contributed by atoms with van der Waals surface area (Å²) in [4.78, 5) is 12.1. The summed E-state index contributed by atoms with van der Waals surface area (Å²) >= 11 is 9.50. The fraction of sp³-hybridized carbons (Fsp3) is 0.0500. The van der Waals surface area contributed by atoms with E-state index in [1.165, 1.54) is 6.08 Å². The van der Waals surface area contributed by atoms with Gasteiger partial charge in [-0.1, -0.05) is 11.6 Å². The zero-order chi connectivity index (χ0) is 19.4. The molecule has 3 aromatic rings. The Morgan fingerprint density at radius 2 is 2.04 bits per heavy atom. The molecule has 7 heteroatoms. The number of nitrogens with two attached hydrogens (primary N) is 1. The van der Waals surface area contributed by atoms with Crippen molar-refractivity contribution < 1.29 is 13.9 Å². The van der Waals surface area contributed by atoms with Crippen molar-refractivity contribution in [2.75, 3.05) is 18.2 Å². The number of methoxy groups -OCH3 is 1. The summed E-state index contributed by atoms with van der Waals surface area (Å²) in [6.07, 6.45) is 2.99. The van der Waals surface area contributed by atoms with Crippen molar-refractivity contribution >= 4 is 50.9 Å². The van der Waals surface area contributed by atoms with Crippen LogP contribution < -0.4 is 15.8 Å². The molecule has 5 nitrogen and oxygen atoms in total. The normalized spacial score (nSPS) is 10.9. The molecule has 0 bridgehead atoms. The van der Waals surface area contributed by atoms with Crippen LogP contribution in [0.3, 0.4) is 0 Å². The smallest absolute Gasteiger partial charge is 0.248 e. The predicted molar refractivity (Wildman–Crippen MR) is 112 cm³/mol. The van der Waals surface area contributed by atoms with E-state index in [4.69, 9.17) is 26.5 Å². The average Bonchev–Trinajstić information content (AvgIpc) is 3.11. The monoisotopic (exact) mass is 446 g/mol. The van der Waals surface area contributed by atoms with Crippen LogP contribution in [0.1, 0.15) is 5.76 Å². The first kappa shape index (κ1) is 19.1. The number of nitrogen functional groups attached to an aromatic ring is 1. The Labute approximate surface area is 169 Å². The molecule has 3 N–H and O–H groups in total. The molecule has 138 valence electrons. The van der Waals surface area contributed by atoms with Crippen LogP contribution in [0, 0.1) is 0 Å². The standard InChI is InChI=1S/C20H16BrClN2O3/c1-26-19-7-2-12(10-16(19)22)18-8-4-14(27-18)5-9-20(25)24-17-6-3-13(23)11-15(17)21/h2-11H,23H2,1H3,(H,24,25)/b9-5+. The fourth-order valence-electron chi connectivity index (χ4n) is 2.38. The molecular weight excluding hydrogens is 432 g/mol. The van der Waals surface area contributed by atoms with Gasteiger partial charge < -0.3 is 20.2 Å². The van der Waals surface area contributed by atoms with Crippen LogP contribution in [0.25, 0.3) is 17.4 Å². The highest BCUT2D eigenvalue weighted by Crippen LogP contribution is 2.31. The van der Waals surface area contributed by atoms with Gasteiger partial charge in [0.15, 0.2) is 0 Å². The molecule has 0 saturated carbocycles. The molecule has 0 atom stereocenters. The van der Waals surface area contributed by atoms with Gasteiger partial charge in [0.25, 0.3) is 0 Å². The number of nitrogens with one attached hydrogen (secondary N) is 1. The number of halogens is 2. The van der Waals surface area contributed by atoms with Gasteiger partial charge in [0.1, 0.15) is 17.3 Å². The van der Waals surface area contributed by atoms with Crippen molar-refractivity contribution in [1.29, 1.82) is 0 Å². The Kier molecular flexibility index (Phi) is 5.88. The van der Waals surface area contributed by atoms with E-state index in [0.717, 1.165) is 5.56 Å². The zero-order valence-electron chi connectivity index (χ0n) is 14.3. The molecule has 1 heterocycles. The van der Waals surface area contributed by atoms with E-state index in [9.17, 15) is 4.79 Å². The van der Waals surface area contributed by atoms with Gasteiger partial charge in [0.2, 0.25) is 5.91 Å². The van der Waals surface area contributed by atoms with Gasteiger partial charge in [0, 0.05) is 21.8 Å². The third-order valence-electron chi connectivity index (χ3n) is 3.71. The summed E-state index contributed by atoms with van der Waals surface area (Å²) in [5.74, 6) is 1.49. The van der Waals surface area contributed by atoms with Crippen molar-refractivity contribution in [3.8, 4) is 17.1 Å². The molecule has 2 aromatic carbocycles. The van der Waals surface area contributed by atoms with Crippen molar-refractivity contribution in [1.82, 2.24) is 0 Å². The van der Waals surface area contributed by atoms with Crippen molar-refractivity contribution in [3.63, 3.8) is 0 Å². The second kappa shape index (κ2) is 8.33. The zero-order valence-corrected chi connectivity index (χ0v) is 16.7. The second-order valence-corrected chi connectivity index (χ2v) is 6.87. The summed E-state index contributed by atoms with van der Waals surface area (Å²) in [7, 11) is 1.56. The van der Waals surface area contributed by atoms with Gasteiger partial charge in [-0.3, -0.25) is 4.79 Å². The lowest BCUT2D eigenvalue weighted by Gasteiger charge is -2.05. The molecule has 27 heavy (non-hydrogen) atoms. The van der Waals surface area contributed by atoms with Gasteiger partial charge in [0.05, 0.1) is 17.8 Å². The highest BCUT2D eigenvalue weighted by molar-refractivity contribution is 9.10. The molecular formula is C20H16BrClN2O3. The van der Waals surface area contributed by atoms with Crippen LogP contribution in [0.5, 0.6) is 5.75 Å². The molecule has 0 fully saturated rings. The Hall–Kier alpha value is -2.70. The molecule has 0 aliphatic rings. The predicted octanol–water partition coefficient (Wildman–Crippen LogP) is 5.61. The number of rotatable bonds is 5. The molecule has 0 radical (unpaired) electrons. The number of amides is 1. The highest BCUT2D eigenvalue weighted by Gasteiger charge is 2.08. The average molecular weight is 448 g/mol. The van der Waals surface area contributed by atoms with Gasteiger partial charge >= 0.3 is 0 Å². The number of carbonyl (C=O) groups excluding carboxylic acids is 1. The Morgan fingerprint density at radius 3 is 2.74 bits per heavy atom. The Balaban J connectivity index is 1.69. The first-order valence-corrected chi connectivity index (χ1v) is 9.11. The first-order valence-electron chi connectivity index (χ1n) is 7.94. The molecule has 0 aliphatic heterocycles. The topological polar surface area (TPSA) is 77.5 Å². The van der Waals surface area contributed by atoms with Crippen LogP contribution in [0.4, 0.5) is 11.4 Å². The van der Waals surface area contributed by atoms with E-state index in [0.29, 0.717) is 38.1 Å². The van der Waals surface area contributed by atoms with E-state index in [1.54, 1.807) is 49.6 Å². The third-order valence-corrected chi connectivity index (χ3v) is 4.66. The second-order valence-electron chi connectivity index (χ2n) is 5.61. The van der Waals surface area contributed by atoms with E-state index >= 15 is 0 Å². The summed E-state index contributed by atoms with van der Waals surface area (Å²) in [5.41, 5.74) is 7.74. The molecule has 0 unspecified atom stereocenters. The number of ether oxygens (including phenoxy) is 1. The quantitative estimate of drug-likeness (QED) is 0.394. The van der Waals surface area contributed by atoms with Crippen molar-refractivity contribution in [2.24, 2.45) is 0 Å². The third kappa shape index (κ3) is 4.72. The van der Waals surface area contributed by atoms with Gasteiger partial charge in [-0.2, -0.15) is 0 Å². The minimum Gasteiger partial charge on any atom is -0.495 e. The maximum Gasteiger partial charge on any atom is 0.248 e. The Morgan fingerprint density at radius 1 is 1.22 bits per heavy atom. The van der Waals surface area contributed by atoms with Crippen LogP contribution in [0.15, 0.2) is 63.5 Å². The maximum absolute atomic E-state index is 12.1. The molecule has 0 spiro atoms. The minimum absolute atomic E-state index is 0.286. The molecule has 1 amide bonds. The number of hydrogen-bond acceptors (Lipinski definition) is 4. The number of anilines is 2. The number of benzene rings is 2. The summed E-state index contributed by atoms with van der Waals surface area (Å²) < 4.78 is 11.6. The van der Waals surface area contributed by atoms with Gasteiger partial charge in [-0.05, 0) is 70.5 Å². The largest absolute Gasteiger partial charge is 0.495 e. The van der Waals surface area contributed by atoms with Crippen LogP contribution in [-0.2, 0) is 4.79 Å². The lowest BCUT2D eigenvalue weighted by Crippen LogP contribution is -2.08. The van der Waals surface area contributed by atoms with Crippen molar-refractivity contribution in [2.45, 2.75) is 0 Å². The molecule has 0 aliphatic carbocycles. The molecule has 1 aromatic heterocycles. The van der Waals surface area contributed by atoms with E-state index in [-0.39, 0.29) is 5.91 Å². The number of carbonyl (C=O) groups is 1. The SMILES string of the molecule is COc1ccc(-c2ccc(/C=C/C(=O)Nc3ccc(N)cc3Br)o2)cc1Cl. The number of hydrogen-bond donors (Lipinski definition) is 2. The van der Waals surface area contributed by atoms with Crippen LogP contribution in [0.2, 0.25) is 5.02 Å². The maximum atomic E-state index is 12.1. The summed E-state index contributed by atoms with van der Waals surface area (Å²) in [5, 5.41) is 3.26. The lowest BCUT2D eigenvalue weighted by molar-refractivity contribution is -0.111. The van der Waals surface area contributed by atoms with E-state index < -0.39 is 0 Å². The van der Waals surface area contributed by atoms with E-state index in [1.807, 2.05) is 12.1 Å². The van der Waals surface area contributed by atoms with E-state index in [2.05, 4.69) is 21.2 Å². The lowest BCUT2D eigenvalue weighted by atomic mass is 10.2. The first-order chi connectivity index (χ1) is 13.0.